The molecular weight excluding hydrogens is 307 g/mol. The Kier molecular flexibility index (Phi) is 5.01. The molecule has 2 aliphatic rings. The second-order valence-corrected chi connectivity index (χ2v) is 7.11. The summed E-state index contributed by atoms with van der Waals surface area (Å²) in [5.41, 5.74) is 0.290. The maximum atomic E-state index is 13.4. The molecule has 0 radical (unpaired) electrons. The molecule has 2 saturated heterocycles. The minimum Gasteiger partial charge on any atom is -0.481 e. The number of fused-ring (bicyclic) bond motifs is 1. The lowest BCUT2D eigenvalue weighted by Crippen LogP contribution is -2.41. The van der Waals surface area contributed by atoms with Gasteiger partial charge >= 0.3 is 5.97 Å². The van der Waals surface area contributed by atoms with E-state index in [1.54, 1.807) is 12.1 Å². The van der Waals surface area contributed by atoms with Crippen LogP contribution in [-0.2, 0) is 11.3 Å². The normalized spacial score (nSPS) is 28.3. The molecule has 24 heavy (non-hydrogen) atoms. The van der Waals surface area contributed by atoms with Crippen molar-refractivity contribution in [3.63, 3.8) is 0 Å². The molecule has 3 rings (SSSR count). The summed E-state index contributed by atoms with van der Waals surface area (Å²) >= 11 is 0. The fraction of sp³-hybridized carbons (Fsp3) is 0.526. The number of aliphatic carboxylic acids is 1. The zero-order chi connectivity index (χ0) is 17.2. The molecule has 130 valence electrons. The first-order valence-corrected chi connectivity index (χ1v) is 8.57. The number of carboxylic acids is 1. The summed E-state index contributed by atoms with van der Waals surface area (Å²) in [6.07, 6.45) is 3.41. The van der Waals surface area contributed by atoms with E-state index >= 15 is 0 Å². The van der Waals surface area contributed by atoms with Crippen LogP contribution >= 0.6 is 0 Å². The first-order chi connectivity index (χ1) is 11.5. The highest BCUT2D eigenvalue weighted by molar-refractivity contribution is 5.76. The fourth-order valence-corrected chi connectivity index (χ4v) is 4.32. The lowest BCUT2D eigenvalue weighted by atomic mass is 9.75. The van der Waals surface area contributed by atoms with Gasteiger partial charge < -0.3 is 5.11 Å². The number of rotatable bonds is 5. The van der Waals surface area contributed by atoms with Gasteiger partial charge in [-0.1, -0.05) is 18.2 Å². The average molecular weight is 332 g/mol. The van der Waals surface area contributed by atoms with Gasteiger partial charge in [-0.3, -0.25) is 14.6 Å². The van der Waals surface area contributed by atoms with Crippen molar-refractivity contribution in [2.45, 2.75) is 19.4 Å². The van der Waals surface area contributed by atoms with E-state index in [4.69, 9.17) is 0 Å². The van der Waals surface area contributed by atoms with Crippen molar-refractivity contribution in [3.05, 3.63) is 48.3 Å². The second-order valence-electron chi connectivity index (χ2n) is 7.11. The molecular formula is C19H25FN2O2. The van der Waals surface area contributed by atoms with E-state index in [0.717, 1.165) is 38.2 Å². The Hall–Kier alpha value is -1.72. The summed E-state index contributed by atoms with van der Waals surface area (Å²) in [7, 11) is 0. The zero-order valence-corrected chi connectivity index (χ0v) is 14.0. The third-order valence-corrected chi connectivity index (χ3v) is 5.45. The van der Waals surface area contributed by atoms with Crippen LogP contribution < -0.4 is 0 Å². The number of hydrogen-bond donors (Lipinski definition) is 1. The monoisotopic (exact) mass is 332 g/mol. The standard InChI is InChI=1S/C19H25FN2O2/c1-2-8-22-13-16-12-21(11-15-5-3-6-17(20)10-15)9-4-7-19(16,14-22)18(23)24/h2-3,5-6,10,16H,1,4,7-9,11-14H2,(H,23,24)/t16-,19-/m0/s1. The number of benzene rings is 1. The highest BCUT2D eigenvalue weighted by Gasteiger charge is 2.52. The highest BCUT2D eigenvalue weighted by atomic mass is 19.1. The average Bonchev–Trinajstić information content (AvgIpc) is 2.77. The molecule has 2 fully saturated rings. The van der Waals surface area contributed by atoms with Crippen LogP contribution in [0.4, 0.5) is 4.39 Å². The number of nitrogens with zero attached hydrogens (tertiary/aromatic N) is 2. The lowest BCUT2D eigenvalue weighted by Gasteiger charge is -2.29. The Morgan fingerprint density at radius 2 is 2.21 bits per heavy atom. The lowest BCUT2D eigenvalue weighted by molar-refractivity contribution is -0.150. The summed E-state index contributed by atoms with van der Waals surface area (Å²) in [5, 5.41) is 9.90. The molecule has 0 aromatic heterocycles. The maximum absolute atomic E-state index is 13.4. The van der Waals surface area contributed by atoms with E-state index in [0.29, 0.717) is 19.5 Å². The SMILES string of the molecule is C=CCN1C[C@@H]2CN(Cc3cccc(F)c3)CCC[C@]2(C(=O)O)C1. The fourth-order valence-electron chi connectivity index (χ4n) is 4.32. The van der Waals surface area contributed by atoms with Crippen molar-refractivity contribution >= 4 is 5.97 Å². The van der Waals surface area contributed by atoms with Crippen LogP contribution in [0.3, 0.4) is 0 Å². The van der Waals surface area contributed by atoms with Crippen molar-refractivity contribution in [2.24, 2.45) is 11.3 Å². The number of carboxylic acid groups (broad SMARTS) is 1. The van der Waals surface area contributed by atoms with Crippen molar-refractivity contribution in [2.75, 3.05) is 32.7 Å². The number of hydrogen-bond acceptors (Lipinski definition) is 3. The second kappa shape index (κ2) is 7.03. The highest BCUT2D eigenvalue weighted by Crippen LogP contribution is 2.43. The Bertz CT molecular complexity index is 621. The first-order valence-electron chi connectivity index (χ1n) is 8.57. The van der Waals surface area contributed by atoms with Crippen molar-refractivity contribution in [1.82, 2.24) is 9.80 Å². The van der Waals surface area contributed by atoms with Crippen molar-refractivity contribution in [1.29, 1.82) is 0 Å². The van der Waals surface area contributed by atoms with Gasteiger partial charge in [0, 0.05) is 38.6 Å². The molecule has 0 bridgehead atoms. The number of carbonyl (C=O) groups is 1. The third kappa shape index (κ3) is 3.37. The number of likely N-dealkylation sites (tertiary alicyclic amines) is 2. The molecule has 0 spiro atoms. The molecule has 1 aromatic carbocycles. The molecule has 4 nitrogen and oxygen atoms in total. The van der Waals surface area contributed by atoms with Crippen molar-refractivity contribution in [3.8, 4) is 0 Å². The Labute approximate surface area is 142 Å². The summed E-state index contributed by atoms with van der Waals surface area (Å²) in [6.45, 7) is 8.18. The molecule has 2 atom stereocenters. The minimum absolute atomic E-state index is 0.103. The molecule has 0 aliphatic carbocycles. The van der Waals surface area contributed by atoms with E-state index in [1.807, 2.05) is 12.1 Å². The smallest absolute Gasteiger partial charge is 0.311 e. The molecule has 2 heterocycles. The molecule has 0 unspecified atom stereocenters. The van der Waals surface area contributed by atoms with Gasteiger partial charge in [-0.05, 0) is 37.1 Å². The van der Waals surface area contributed by atoms with Crippen molar-refractivity contribution < 1.29 is 14.3 Å². The Morgan fingerprint density at radius 1 is 1.42 bits per heavy atom. The van der Waals surface area contributed by atoms with Crippen LogP contribution in [0.2, 0.25) is 0 Å². The van der Waals surface area contributed by atoms with Gasteiger partial charge in [0.2, 0.25) is 0 Å². The predicted octanol–water partition coefficient (Wildman–Crippen LogP) is 2.61. The van der Waals surface area contributed by atoms with Gasteiger partial charge in [0.25, 0.3) is 0 Å². The van der Waals surface area contributed by atoms with Crippen LogP contribution in [0, 0.1) is 17.2 Å². The van der Waals surface area contributed by atoms with Crippen LogP contribution in [0.5, 0.6) is 0 Å². The molecule has 2 aliphatic heterocycles. The molecule has 0 saturated carbocycles. The first kappa shape index (κ1) is 17.1. The van der Waals surface area contributed by atoms with Gasteiger partial charge in [-0.2, -0.15) is 0 Å². The van der Waals surface area contributed by atoms with Gasteiger partial charge in [-0.25, -0.2) is 4.39 Å². The third-order valence-electron chi connectivity index (χ3n) is 5.45. The van der Waals surface area contributed by atoms with Crippen LogP contribution in [-0.4, -0.2) is 53.6 Å². The van der Waals surface area contributed by atoms with Crippen LogP contribution in [0.1, 0.15) is 18.4 Å². The maximum Gasteiger partial charge on any atom is 0.311 e. The summed E-state index contributed by atoms with van der Waals surface area (Å²) in [5.74, 6) is -0.794. The quantitative estimate of drug-likeness (QED) is 0.842. The summed E-state index contributed by atoms with van der Waals surface area (Å²) < 4.78 is 13.4. The van der Waals surface area contributed by atoms with Gasteiger partial charge in [0.1, 0.15) is 5.82 Å². The van der Waals surface area contributed by atoms with E-state index in [-0.39, 0.29) is 11.7 Å². The largest absolute Gasteiger partial charge is 0.481 e. The van der Waals surface area contributed by atoms with E-state index < -0.39 is 11.4 Å². The molecule has 0 amide bonds. The molecule has 1 aromatic rings. The summed E-state index contributed by atoms with van der Waals surface area (Å²) in [6, 6.07) is 6.67. The molecule has 5 heteroatoms. The van der Waals surface area contributed by atoms with Crippen LogP contribution in [0.25, 0.3) is 0 Å². The number of halogens is 1. The van der Waals surface area contributed by atoms with E-state index in [2.05, 4.69) is 16.4 Å². The predicted molar refractivity (Wildman–Crippen MR) is 91.1 cm³/mol. The Balaban J connectivity index is 1.76. The molecule has 1 N–H and O–H groups in total. The van der Waals surface area contributed by atoms with Gasteiger partial charge in [-0.15, -0.1) is 6.58 Å². The van der Waals surface area contributed by atoms with Gasteiger partial charge in [0.05, 0.1) is 5.41 Å². The minimum atomic E-state index is -0.674. The Morgan fingerprint density at radius 3 is 2.92 bits per heavy atom. The zero-order valence-electron chi connectivity index (χ0n) is 14.0. The topological polar surface area (TPSA) is 43.8 Å². The van der Waals surface area contributed by atoms with Crippen LogP contribution in [0.15, 0.2) is 36.9 Å². The van der Waals surface area contributed by atoms with E-state index in [1.165, 1.54) is 6.07 Å². The van der Waals surface area contributed by atoms with Gasteiger partial charge in [0.15, 0.2) is 0 Å². The summed E-state index contributed by atoms with van der Waals surface area (Å²) in [4.78, 5) is 16.5. The van der Waals surface area contributed by atoms with E-state index in [9.17, 15) is 14.3 Å².